The number of ether oxygens (including phenoxy) is 2. The standard InChI is InChI=1S/C18H18N2O5/c1-12-5-3-8-15(9-12)25-11-16(21)19-20-17(22)13-6-4-7-14(10-13)18(23)24-2/h3-10H,11H2,1-2H3,(H,19,21)(H,20,22). The molecule has 25 heavy (non-hydrogen) atoms. The van der Waals surface area contributed by atoms with E-state index in [1.54, 1.807) is 18.2 Å². The lowest BCUT2D eigenvalue weighted by Crippen LogP contribution is -2.43. The summed E-state index contributed by atoms with van der Waals surface area (Å²) in [5.74, 6) is -1.06. The third-order valence-electron chi connectivity index (χ3n) is 3.22. The zero-order chi connectivity index (χ0) is 18.2. The summed E-state index contributed by atoms with van der Waals surface area (Å²) >= 11 is 0. The summed E-state index contributed by atoms with van der Waals surface area (Å²) in [7, 11) is 1.25. The lowest BCUT2D eigenvalue weighted by Gasteiger charge is -2.09. The van der Waals surface area contributed by atoms with E-state index in [2.05, 4.69) is 15.6 Å². The highest BCUT2D eigenvalue weighted by Gasteiger charge is 2.11. The van der Waals surface area contributed by atoms with Gasteiger partial charge in [-0.15, -0.1) is 0 Å². The average Bonchev–Trinajstić information content (AvgIpc) is 2.64. The quantitative estimate of drug-likeness (QED) is 0.636. The Bertz CT molecular complexity index is 789. The summed E-state index contributed by atoms with van der Waals surface area (Å²) in [4.78, 5) is 35.2. The van der Waals surface area contributed by atoms with Crippen LogP contribution in [-0.2, 0) is 9.53 Å². The molecule has 0 spiro atoms. The minimum atomic E-state index is -0.561. The van der Waals surface area contributed by atoms with Gasteiger partial charge < -0.3 is 9.47 Å². The molecule has 130 valence electrons. The first-order valence-electron chi connectivity index (χ1n) is 7.46. The largest absolute Gasteiger partial charge is 0.484 e. The van der Waals surface area contributed by atoms with Gasteiger partial charge in [-0.2, -0.15) is 0 Å². The Kier molecular flexibility index (Phi) is 6.11. The molecule has 0 atom stereocenters. The fourth-order valence-corrected chi connectivity index (χ4v) is 1.99. The van der Waals surface area contributed by atoms with E-state index in [0.717, 1.165) is 5.56 Å². The maximum absolute atomic E-state index is 12.0. The molecule has 7 nitrogen and oxygen atoms in total. The first kappa shape index (κ1) is 18.0. The summed E-state index contributed by atoms with van der Waals surface area (Å²) in [6.45, 7) is 1.67. The van der Waals surface area contributed by atoms with Crippen LogP contribution in [0.1, 0.15) is 26.3 Å². The molecule has 2 amide bonds. The highest BCUT2D eigenvalue weighted by Crippen LogP contribution is 2.11. The molecule has 0 aliphatic carbocycles. The molecule has 0 fully saturated rings. The van der Waals surface area contributed by atoms with Crippen molar-refractivity contribution in [3.8, 4) is 5.75 Å². The van der Waals surface area contributed by atoms with Gasteiger partial charge in [0.25, 0.3) is 11.8 Å². The summed E-state index contributed by atoms with van der Waals surface area (Å²) < 4.78 is 9.92. The number of hydrogen-bond donors (Lipinski definition) is 2. The van der Waals surface area contributed by atoms with Crippen LogP contribution in [0.2, 0.25) is 0 Å². The van der Waals surface area contributed by atoms with Gasteiger partial charge in [0.1, 0.15) is 5.75 Å². The number of nitrogens with one attached hydrogen (secondary N) is 2. The number of esters is 1. The number of rotatable bonds is 5. The Morgan fingerprint density at radius 2 is 1.68 bits per heavy atom. The van der Waals surface area contributed by atoms with Crippen LogP contribution < -0.4 is 15.6 Å². The van der Waals surface area contributed by atoms with Crippen molar-refractivity contribution in [3.63, 3.8) is 0 Å². The molecule has 0 saturated carbocycles. The van der Waals surface area contributed by atoms with Crippen LogP contribution in [0.15, 0.2) is 48.5 Å². The topological polar surface area (TPSA) is 93.7 Å². The van der Waals surface area contributed by atoms with Crippen LogP contribution in [0.5, 0.6) is 5.75 Å². The summed E-state index contributed by atoms with van der Waals surface area (Å²) in [6, 6.07) is 13.2. The van der Waals surface area contributed by atoms with Gasteiger partial charge in [0.05, 0.1) is 12.7 Å². The predicted molar refractivity (Wildman–Crippen MR) is 90.1 cm³/mol. The van der Waals surface area contributed by atoms with E-state index in [0.29, 0.717) is 5.75 Å². The van der Waals surface area contributed by atoms with E-state index < -0.39 is 17.8 Å². The molecule has 0 heterocycles. The van der Waals surface area contributed by atoms with E-state index in [4.69, 9.17) is 4.74 Å². The SMILES string of the molecule is COC(=O)c1cccc(C(=O)NNC(=O)COc2cccc(C)c2)c1. The van der Waals surface area contributed by atoms with E-state index >= 15 is 0 Å². The molecule has 0 bridgehead atoms. The number of methoxy groups -OCH3 is 1. The third kappa shape index (κ3) is 5.35. The monoisotopic (exact) mass is 342 g/mol. The van der Waals surface area contributed by atoms with E-state index in [-0.39, 0.29) is 17.7 Å². The second kappa shape index (κ2) is 8.49. The van der Waals surface area contributed by atoms with Gasteiger partial charge in [0, 0.05) is 5.56 Å². The summed E-state index contributed by atoms with van der Waals surface area (Å²) in [6.07, 6.45) is 0. The molecule has 0 saturated heterocycles. The zero-order valence-corrected chi connectivity index (χ0v) is 13.9. The van der Waals surface area contributed by atoms with Crippen molar-refractivity contribution >= 4 is 17.8 Å². The molecular weight excluding hydrogens is 324 g/mol. The number of hydrazine groups is 1. The van der Waals surface area contributed by atoms with Gasteiger partial charge in [-0.05, 0) is 42.8 Å². The average molecular weight is 342 g/mol. The number of carbonyl (C=O) groups is 3. The fourth-order valence-electron chi connectivity index (χ4n) is 1.99. The van der Waals surface area contributed by atoms with E-state index in [1.165, 1.54) is 25.3 Å². The highest BCUT2D eigenvalue weighted by atomic mass is 16.5. The van der Waals surface area contributed by atoms with Crippen molar-refractivity contribution in [2.45, 2.75) is 6.92 Å². The van der Waals surface area contributed by atoms with E-state index in [1.807, 2.05) is 19.1 Å². The van der Waals surface area contributed by atoms with Crippen molar-refractivity contribution in [3.05, 3.63) is 65.2 Å². The highest BCUT2D eigenvalue weighted by molar-refractivity contribution is 5.98. The number of benzene rings is 2. The molecule has 0 aliphatic heterocycles. The molecule has 2 aromatic rings. The van der Waals surface area contributed by atoms with Gasteiger partial charge in [0.2, 0.25) is 0 Å². The van der Waals surface area contributed by atoms with Gasteiger partial charge in [-0.25, -0.2) is 4.79 Å². The predicted octanol–water partition coefficient (Wildman–Crippen LogP) is 1.62. The first-order valence-corrected chi connectivity index (χ1v) is 7.46. The molecule has 0 aliphatic rings. The second-order valence-electron chi connectivity index (χ2n) is 5.18. The molecule has 2 N–H and O–H groups in total. The van der Waals surface area contributed by atoms with Gasteiger partial charge >= 0.3 is 5.97 Å². The van der Waals surface area contributed by atoms with Crippen LogP contribution in [0.4, 0.5) is 0 Å². The molecule has 0 aromatic heterocycles. The third-order valence-corrected chi connectivity index (χ3v) is 3.22. The molecule has 2 aromatic carbocycles. The van der Waals surface area contributed by atoms with Crippen LogP contribution >= 0.6 is 0 Å². The second-order valence-corrected chi connectivity index (χ2v) is 5.18. The lowest BCUT2D eigenvalue weighted by molar-refractivity contribution is -0.123. The van der Waals surface area contributed by atoms with Crippen molar-refractivity contribution in [2.24, 2.45) is 0 Å². The van der Waals surface area contributed by atoms with E-state index in [9.17, 15) is 14.4 Å². The normalized spacial score (nSPS) is 9.84. The molecule has 0 radical (unpaired) electrons. The summed E-state index contributed by atoms with van der Waals surface area (Å²) in [5, 5.41) is 0. The number of amides is 2. The Hall–Kier alpha value is -3.35. The van der Waals surface area contributed by atoms with Crippen molar-refractivity contribution in [1.29, 1.82) is 0 Å². The first-order chi connectivity index (χ1) is 12.0. The number of carbonyl (C=O) groups excluding carboxylic acids is 3. The lowest BCUT2D eigenvalue weighted by atomic mass is 10.1. The maximum atomic E-state index is 12.0. The number of aryl methyl sites for hydroxylation is 1. The molecule has 0 unspecified atom stereocenters. The number of hydrogen-bond acceptors (Lipinski definition) is 5. The minimum absolute atomic E-state index is 0.211. The van der Waals surface area contributed by atoms with Crippen LogP contribution in [0.3, 0.4) is 0 Å². The zero-order valence-electron chi connectivity index (χ0n) is 13.9. The Balaban J connectivity index is 1.85. The smallest absolute Gasteiger partial charge is 0.337 e. The van der Waals surface area contributed by atoms with Crippen LogP contribution in [0, 0.1) is 6.92 Å². The Labute approximate surface area is 144 Å². The van der Waals surface area contributed by atoms with Gasteiger partial charge in [0.15, 0.2) is 6.61 Å². The molecule has 2 rings (SSSR count). The van der Waals surface area contributed by atoms with Crippen molar-refractivity contribution < 1.29 is 23.9 Å². The van der Waals surface area contributed by atoms with Crippen molar-refractivity contribution in [1.82, 2.24) is 10.9 Å². The van der Waals surface area contributed by atoms with Crippen LogP contribution in [-0.4, -0.2) is 31.5 Å². The summed E-state index contributed by atoms with van der Waals surface area (Å²) in [5.41, 5.74) is 5.97. The molecular formula is C18H18N2O5. The Morgan fingerprint density at radius 3 is 2.40 bits per heavy atom. The maximum Gasteiger partial charge on any atom is 0.337 e. The minimum Gasteiger partial charge on any atom is -0.484 e. The molecule has 7 heteroatoms. The fraction of sp³-hybridized carbons (Fsp3) is 0.167. The Morgan fingerprint density at radius 1 is 0.960 bits per heavy atom. The van der Waals surface area contributed by atoms with Crippen LogP contribution in [0.25, 0.3) is 0 Å². The van der Waals surface area contributed by atoms with Crippen molar-refractivity contribution in [2.75, 3.05) is 13.7 Å². The van der Waals surface area contributed by atoms with Gasteiger partial charge in [-0.1, -0.05) is 18.2 Å². The van der Waals surface area contributed by atoms with Gasteiger partial charge in [-0.3, -0.25) is 20.4 Å².